The third-order valence-electron chi connectivity index (χ3n) is 2.34. The van der Waals surface area contributed by atoms with Crippen molar-refractivity contribution >= 4 is 0 Å². The van der Waals surface area contributed by atoms with Crippen molar-refractivity contribution in [1.82, 2.24) is 0 Å². The van der Waals surface area contributed by atoms with E-state index in [2.05, 4.69) is 20.8 Å². The summed E-state index contributed by atoms with van der Waals surface area (Å²) in [6.07, 6.45) is 2.39. The van der Waals surface area contributed by atoms with Gasteiger partial charge in [-0.2, -0.15) is 0 Å². The molecule has 3 nitrogen and oxygen atoms in total. The smallest absolute Gasteiger partial charge is 0.217 e. The molecule has 78 valence electrons. The van der Waals surface area contributed by atoms with Crippen LogP contribution in [0, 0.1) is 0 Å². The highest BCUT2D eigenvalue weighted by Crippen LogP contribution is 2.35. The van der Waals surface area contributed by atoms with Crippen molar-refractivity contribution in [1.29, 1.82) is 0 Å². The van der Waals surface area contributed by atoms with E-state index in [1.165, 1.54) is 0 Å². The quantitative estimate of drug-likeness (QED) is 0.692. The van der Waals surface area contributed by atoms with Crippen molar-refractivity contribution in [3.05, 3.63) is 24.2 Å². The average Bonchev–Trinajstić information content (AvgIpc) is 2.51. The van der Waals surface area contributed by atoms with E-state index in [4.69, 9.17) is 13.9 Å². The zero-order chi connectivity index (χ0) is 10.2. The summed E-state index contributed by atoms with van der Waals surface area (Å²) in [5, 5.41) is 0. The third-order valence-corrected chi connectivity index (χ3v) is 2.34. The molecule has 1 fully saturated rings. The summed E-state index contributed by atoms with van der Waals surface area (Å²) in [5.74, 6) is 0.740. The molecular weight excluding hydrogens is 180 g/mol. The van der Waals surface area contributed by atoms with Crippen molar-refractivity contribution in [3.63, 3.8) is 0 Å². The minimum absolute atomic E-state index is 0.144. The van der Waals surface area contributed by atoms with Gasteiger partial charge in [-0.15, -0.1) is 0 Å². The van der Waals surface area contributed by atoms with Crippen LogP contribution in [0.3, 0.4) is 0 Å². The first-order valence-electron chi connectivity index (χ1n) is 4.93. The maximum absolute atomic E-state index is 5.77. The Morgan fingerprint density at radius 1 is 1.43 bits per heavy atom. The van der Waals surface area contributed by atoms with Crippen molar-refractivity contribution in [2.24, 2.45) is 0 Å². The lowest BCUT2D eigenvalue weighted by Gasteiger charge is -2.38. The lowest BCUT2D eigenvalue weighted by molar-refractivity contribution is -0.279. The van der Waals surface area contributed by atoms with E-state index in [0.29, 0.717) is 0 Å². The van der Waals surface area contributed by atoms with Gasteiger partial charge in [-0.05, 0) is 32.9 Å². The lowest BCUT2D eigenvalue weighted by atomic mass is 10.00. The van der Waals surface area contributed by atoms with Gasteiger partial charge in [-0.3, -0.25) is 0 Å². The first kappa shape index (κ1) is 9.74. The number of rotatable bonds is 1. The number of furan rings is 1. The second-order valence-electron chi connectivity index (χ2n) is 4.38. The summed E-state index contributed by atoms with van der Waals surface area (Å²) in [6, 6.07) is 3.72. The molecule has 3 heteroatoms. The Morgan fingerprint density at radius 2 is 2.21 bits per heavy atom. The molecular formula is C11H16O3. The van der Waals surface area contributed by atoms with Crippen LogP contribution >= 0.6 is 0 Å². The van der Waals surface area contributed by atoms with Crippen molar-refractivity contribution in [3.8, 4) is 0 Å². The largest absolute Gasteiger partial charge is 0.464 e. The SMILES string of the molecule is CC1CC(C)(C)OC(c2ccco2)O1. The zero-order valence-electron chi connectivity index (χ0n) is 8.82. The highest BCUT2D eigenvalue weighted by molar-refractivity contribution is 5.01. The Balaban J connectivity index is 2.14. The monoisotopic (exact) mass is 196 g/mol. The first-order chi connectivity index (χ1) is 6.57. The van der Waals surface area contributed by atoms with E-state index in [0.717, 1.165) is 12.2 Å². The fourth-order valence-electron chi connectivity index (χ4n) is 1.87. The fraction of sp³-hybridized carbons (Fsp3) is 0.636. The summed E-state index contributed by atoms with van der Waals surface area (Å²) in [4.78, 5) is 0. The number of hydrogen-bond donors (Lipinski definition) is 0. The normalized spacial score (nSPS) is 31.6. The van der Waals surface area contributed by atoms with Crippen LogP contribution in [-0.4, -0.2) is 11.7 Å². The van der Waals surface area contributed by atoms with Crippen LogP contribution in [0.4, 0.5) is 0 Å². The average molecular weight is 196 g/mol. The second kappa shape index (κ2) is 3.41. The topological polar surface area (TPSA) is 31.6 Å². The van der Waals surface area contributed by atoms with Gasteiger partial charge >= 0.3 is 0 Å². The Morgan fingerprint density at radius 3 is 2.79 bits per heavy atom. The lowest BCUT2D eigenvalue weighted by Crippen LogP contribution is -2.38. The molecule has 0 amide bonds. The van der Waals surface area contributed by atoms with Gasteiger partial charge in [0, 0.05) is 6.42 Å². The van der Waals surface area contributed by atoms with Gasteiger partial charge in [0.1, 0.15) is 0 Å². The van der Waals surface area contributed by atoms with Crippen LogP contribution in [0.2, 0.25) is 0 Å². The van der Waals surface area contributed by atoms with E-state index in [1.54, 1.807) is 6.26 Å². The molecule has 0 saturated carbocycles. The van der Waals surface area contributed by atoms with Crippen LogP contribution in [0.15, 0.2) is 22.8 Å². The Bertz CT molecular complexity index is 289. The summed E-state index contributed by atoms with van der Waals surface area (Å²) in [5.41, 5.74) is -0.144. The van der Waals surface area contributed by atoms with E-state index in [9.17, 15) is 0 Å². The van der Waals surface area contributed by atoms with E-state index in [1.807, 2.05) is 12.1 Å². The van der Waals surface area contributed by atoms with Gasteiger partial charge in [-0.1, -0.05) is 0 Å². The van der Waals surface area contributed by atoms with Crippen LogP contribution in [0.5, 0.6) is 0 Å². The zero-order valence-corrected chi connectivity index (χ0v) is 8.82. The maximum Gasteiger partial charge on any atom is 0.217 e. The fourth-order valence-corrected chi connectivity index (χ4v) is 1.87. The second-order valence-corrected chi connectivity index (χ2v) is 4.38. The van der Waals surface area contributed by atoms with Gasteiger partial charge < -0.3 is 13.9 Å². The van der Waals surface area contributed by atoms with Crippen LogP contribution in [0.25, 0.3) is 0 Å². The van der Waals surface area contributed by atoms with E-state index < -0.39 is 0 Å². The summed E-state index contributed by atoms with van der Waals surface area (Å²) in [6.45, 7) is 6.20. The molecule has 0 N–H and O–H groups in total. The van der Waals surface area contributed by atoms with E-state index >= 15 is 0 Å². The molecule has 2 heterocycles. The van der Waals surface area contributed by atoms with Gasteiger partial charge in [0.25, 0.3) is 0 Å². The molecule has 0 aromatic carbocycles. The minimum atomic E-state index is -0.358. The van der Waals surface area contributed by atoms with Crippen LogP contribution in [0.1, 0.15) is 39.2 Å². The molecule has 1 saturated heterocycles. The molecule has 1 aliphatic heterocycles. The molecule has 0 spiro atoms. The molecule has 2 rings (SSSR count). The third kappa shape index (κ3) is 1.99. The molecule has 2 atom stereocenters. The molecule has 2 unspecified atom stereocenters. The van der Waals surface area contributed by atoms with Crippen LogP contribution in [-0.2, 0) is 9.47 Å². The van der Waals surface area contributed by atoms with Gasteiger partial charge in [0.15, 0.2) is 5.76 Å². The molecule has 1 aromatic heterocycles. The first-order valence-corrected chi connectivity index (χ1v) is 4.93. The maximum atomic E-state index is 5.77. The minimum Gasteiger partial charge on any atom is -0.464 e. The Labute approximate surface area is 84.0 Å². The van der Waals surface area contributed by atoms with Gasteiger partial charge in [-0.25, -0.2) is 0 Å². The van der Waals surface area contributed by atoms with Crippen molar-refractivity contribution in [2.75, 3.05) is 0 Å². The van der Waals surface area contributed by atoms with Crippen molar-refractivity contribution in [2.45, 2.75) is 45.2 Å². The molecule has 14 heavy (non-hydrogen) atoms. The van der Waals surface area contributed by atoms with Gasteiger partial charge in [0.2, 0.25) is 6.29 Å². The predicted octanol–water partition coefficient (Wildman–Crippen LogP) is 2.88. The predicted molar refractivity (Wildman–Crippen MR) is 51.8 cm³/mol. The van der Waals surface area contributed by atoms with Crippen LogP contribution < -0.4 is 0 Å². The summed E-state index contributed by atoms with van der Waals surface area (Å²) >= 11 is 0. The standard InChI is InChI=1S/C11H16O3/c1-8-7-11(2,3)14-10(13-8)9-5-4-6-12-9/h4-6,8,10H,7H2,1-3H3. The molecule has 0 radical (unpaired) electrons. The number of hydrogen-bond acceptors (Lipinski definition) is 3. The molecule has 0 aliphatic carbocycles. The molecule has 1 aliphatic rings. The Hall–Kier alpha value is -0.800. The molecule has 1 aromatic rings. The van der Waals surface area contributed by atoms with E-state index in [-0.39, 0.29) is 18.0 Å². The number of ether oxygens (including phenoxy) is 2. The Kier molecular flexibility index (Phi) is 2.37. The highest BCUT2D eigenvalue weighted by Gasteiger charge is 2.35. The summed E-state index contributed by atoms with van der Waals surface area (Å²) in [7, 11) is 0. The summed E-state index contributed by atoms with van der Waals surface area (Å²) < 4.78 is 16.7. The highest BCUT2D eigenvalue weighted by atomic mass is 16.7. The van der Waals surface area contributed by atoms with Crippen molar-refractivity contribution < 1.29 is 13.9 Å². The molecule has 0 bridgehead atoms. The van der Waals surface area contributed by atoms with Gasteiger partial charge in [0.05, 0.1) is 18.0 Å².